The zero-order valence-corrected chi connectivity index (χ0v) is 17.6. The minimum atomic E-state index is -1.03. The summed E-state index contributed by atoms with van der Waals surface area (Å²) in [5, 5.41) is 5.37. The van der Waals surface area contributed by atoms with Crippen molar-refractivity contribution in [3.05, 3.63) is 101 Å². The Hall–Kier alpha value is -3.54. The fourth-order valence-electron chi connectivity index (χ4n) is 2.96. The molecule has 0 aliphatic rings. The van der Waals surface area contributed by atoms with E-state index in [-0.39, 0.29) is 17.0 Å². The lowest BCUT2D eigenvalue weighted by molar-refractivity contribution is 0.0949. The number of nitrogens with one attached hydrogen (secondary N) is 2. The molecule has 3 aromatic rings. The maximum Gasteiger partial charge on any atom is 0.255 e. The summed E-state index contributed by atoms with van der Waals surface area (Å²) < 4.78 is 26.3. The Kier molecular flexibility index (Phi) is 6.49. The molecular weight excluding hydrogens is 398 g/mol. The van der Waals surface area contributed by atoms with E-state index in [2.05, 4.69) is 31.4 Å². The maximum absolute atomic E-state index is 13.3. The number of hydrogen-bond donors (Lipinski definition) is 2. The van der Waals surface area contributed by atoms with Gasteiger partial charge in [0.2, 0.25) is 0 Å². The van der Waals surface area contributed by atoms with Crippen molar-refractivity contribution in [2.24, 2.45) is 0 Å². The van der Waals surface area contributed by atoms with E-state index >= 15 is 0 Å². The zero-order chi connectivity index (χ0) is 22.6. The molecule has 0 saturated carbocycles. The first-order chi connectivity index (χ1) is 14.6. The zero-order valence-electron chi connectivity index (χ0n) is 17.6. The Bertz CT molecular complexity index is 1090. The molecule has 0 bridgehead atoms. The van der Waals surface area contributed by atoms with E-state index in [0.29, 0.717) is 17.7 Å². The number of rotatable bonds is 5. The molecule has 0 aliphatic heterocycles. The maximum atomic E-state index is 13.3. The van der Waals surface area contributed by atoms with Crippen molar-refractivity contribution >= 4 is 17.5 Å². The minimum Gasteiger partial charge on any atom is -0.348 e. The van der Waals surface area contributed by atoms with E-state index < -0.39 is 17.5 Å². The number of anilines is 1. The van der Waals surface area contributed by atoms with E-state index in [0.717, 1.165) is 23.3 Å². The predicted molar refractivity (Wildman–Crippen MR) is 117 cm³/mol. The first-order valence-corrected chi connectivity index (χ1v) is 9.87. The van der Waals surface area contributed by atoms with Crippen LogP contribution in [-0.4, -0.2) is 11.8 Å². The van der Waals surface area contributed by atoms with Crippen LogP contribution in [0.25, 0.3) is 0 Å². The molecule has 0 spiro atoms. The largest absolute Gasteiger partial charge is 0.348 e. The first kappa shape index (κ1) is 22.2. The third-order valence-corrected chi connectivity index (χ3v) is 4.86. The summed E-state index contributed by atoms with van der Waals surface area (Å²) in [6, 6.07) is 17.3. The summed E-state index contributed by atoms with van der Waals surface area (Å²) in [7, 11) is 0. The number of halogens is 2. The molecule has 0 aromatic heterocycles. The highest BCUT2D eigenvalue weighted by molar-refractivity contribution is 6.04. The summed E-state index contributed by atoms with van der Waals surface area (Å²) in [5.74, 6) is -2.63. The molecule has 2 N–H and O–H groups in total. The molecule has 0 fully saturated rings. The van der Waals surface area contributed by atoms with Gasteiger partial charge < -0.3 is 10.6 Å². The van der Waals surface area contributed by atoms with Crippen molar-refractivity contribution in [3.63, 3.8) is 0 Å². The second-order valence-corrected chi connectivity index (χ2v) is 8.29. The minimum absolute atomic E-state index is 0.0217. The third kappa shape index (κ3) is 5.75. The Morgan fingerprint density at radius 3 is 1.94 bits per heavy atom. The van der Waals surface area contributed by atoms with Crippen LogP contribution in [0, 0.1) is 11.6 Å². The normalized spacial score (nSPS) is 11.1. The number of benzene rings is 3. The fraction of sp³-hybridized carbons (Fsp3) is 0.200. The Morgan fingerprint density at radius 1 is 0.774 bits per heavy atom. The average molecular weight is 422 g/mol. The summed E-state index contributed by atoms with van der Waals surface area (Å²) >= 11 is 0. The van der Waals surface area contributed by atoms with E-state index in [1.807, 2.05) is 24.3 Å². The van der Waals surface area contributed by atoms with E-state index in [1.54, 1.807) is 24.3 Å². The van der Waals surface area contributed by atoms with Gasteiger partial charge in [0.05, 0.1) is 0 Å². The molecule has 0 radical (unpaired) electrons. The van der Waals surface area contributed by atoms with E-state index in [9.17, 15) is 18.4 Å². The van der Waals surface area contributed by atoms with Crippen LogP contribution >= 0.6 is 0 Å². The van der Waals surface area contributed by atoms with Crippen molar-refractivity contribution < 1.29 is 18.4 Å². The van der Waals surface area contributed by atoms with Crippen LogP contribution in [0.1, 0.15) is 52.6 Å². The summed E-state index contributed by atoms with van der Waals surface area (Å²) in [6.07, 6.45) is 0. The molecule has 0 aliphatic carbocycles. The molecule has 3 aromatic carbocycles. The second-order valence-electron chi connectivity index (χ2n) is 8.29. The SMILES string of the molecule is CC(C)(C)c1ccc(C(=O)NCc2ccc(C(=O)Nc3ccc(F)c(F)c3)cc2)cc1. The van der Waals surface area contributed by atoms with Gasteiger partial charge in [0.15, 0.2) is 11.6 Å². The number of hydrogen-bond acceptors (Lipinski definition) is 2. The van der Waals surface area contributed by atoms with Crippen molar-refractivity contribution in [1.29, 1.82) is 0 Å². The standard InChI is InChI=1S/C25H24F2N2O2/c1-25(2,3)19-10-8-17(9-11-19)23(30)28-15-16-4-6-18(7-5-16)24(31)29-20-12-13-21(26)22(27)14-20/h4-14H,15H2,1-3H3,(H,28,30)(H,29,31). The van der Waals surface area contributed by atoms with Gasteiger partial charge in [0.1, 0.15) is 0 Å². The molecule has 0 atom stereocenters. The fourth-order valence-corrected chi connectivity index (χ4v) is 2.96. The van der Waals surface area contributed by atoms with Crippen LogP contribution in [0.4, 0.5) is 14.5 Å². The lowest BCUT2D eigenvalue weighted by Gasteiger charge is -2.19. The molecule has 3 rings (SSSR count). The van der Waals surface area contributed by atoms with Crippen LogP contribution in [0.3, 0.4) is 0 Å². The number of amides is 2. The van der Waals surface area contributed by atoms with Gasteiger partial charge in [-0.15, -0.1) is 0 Å². The van der Waals surface area contributed by atoms with Gasteiger partial charge in [-0.2, -0.15) is 0 Å². The Morgan fingerprint density at radius 2 is 1.35 bits per heavy atom. The molecule has 31 heavy (non-hydrogen) atoms. The summed E-state index contributed by atoms with van der Waals surface area (Å²) in [5.41, 5.74) is 3.10. The lowest BCUT2D eigenvalue weighted by atomic mass is 9.87. The van der Waals surface area contributed by atoms with Gasteiger partial charge in [-0.25, -0.2) is 8.78 Å². The lowest BCUT2D eigenvalue weighted by Crippen LogP contribution is -2.23. The topological polar surface area (TPSA) is 58.2 Å². The smallest absolute Gasteiger partial charge is 0.255 e. The van der Waals surface area contributed by atoms with Crippen molar-refractivity contribution in [2.45, 2.75) is 32.7 Å². The van der Waals surface area contributed by atoms with Gasteiger partial charge >= 0.3 is 0 Å². The first-order valence-electron chi connectivity index (χ1n) is 9.87. The Balaban J connectivity index is 1.57. The molecule has 160 valence electrons. The van der Waals surface area contributed by atoms with Crippen molar-refractivity contribution in [1.82, 2.24) is 5.32 Å². The molecule has 0 unspecified atom stereocenters. The van der Waals surface area contributed by atoms with Crippen LogP contribution in [0.5, 0.6) is 0 Å². The average Bonchev–Trinajstić information content (AvgIpc) is 2.74. The number of carbonyl (C=O) groups is 2. The van der Waals surface area contributed by atoms with Gasteiger partial charge in [0.25, 0.3) is 11.8 Å². The highest BCUT2D eigenvalue weighted by Gasteiger charge is 2.14. The monoisotopic (exact) mass is 422 g/mol. The van der Waals surface area contributed by atoms with Crippen LogP contribution in [0.15, 0.2) is 66.7 Å². The van der Waals surface area contributed by atoms with E-state index in [4.69, 9.17) is 0 Å². The molecule has 6 heteroatoms. The molecule has 0 saturated heterocycles. The highest BCUT2D eigenvalue weighted by atomic mass is 19.2. The molecule has 0 heterocycles. The van der Waals surface area contributed by atoms with Gasteiger partial charge in [-0.3, -0.25) is 9.59 Å². The Labute approximate surface area is 180 Å². The van der Waals surface area contributed by atoms with Gasteiger partial charge in [-0.1, -0.05) is 45.0 Å². The van der Waals surface area contributed by atoms with Crippen LogP contribution in [0.2, 0.25) is 0 Å². The molecule has 4 nitrogen and oxygen atoms in total. The predicted octanol–water partition coefficient (Wildman–Crippen LogP) is 5.44. The van der Waals surface area contributed by atoms with Gasteiger partial charge in [0, 0.05) is 29.4 Å². The number of carbonyl (C=O) groups excluding carboxylic acids is 2. The van der Waals surface area contributed by atoms with Crippen molar-refractivity contribution in [3.8, 4) is 0 Å². The highest BCUT2D eigenvalue weighted by Crippen LogP contribution is 2.22. The molecular formula is C25H24F2N2O2. The van der Waals surface area contributed by atoms with E-state index in [1.165, 1.54) is 6.07 Å². The van der Waals surface area contributed by atoms with Crippen molar-refractivity contribution in [2.75, 3.05) is 5.32 Å². The van der Waals surface area contributed by atoms with Gasteiger partial charge in [-0.05, 0) is 52.9 Å². The quantitative estimate of drug-likeness (QED) is 0.575. The molecule has 2 amide bonds. The van der Waals surface area contributed by atoms with Crippen LogP contribution in [-0.2, 0) is 12.0 Å². The van der Waals surface area contributed by atoms with Crippen LogP contribution < -0.4 is 10.6 Å². The second kappa shape index (κ2) is 9.08. The summed E-state index contributed by atoms with van der Waals surface area (Å²) in [4.78, 5) is 24.6. The summed E-state index contributed by atoms with van der Waals surface area (Å²) in [6.45, 7) is 6.66. The third-order valence-electron chi connectivity index (χ3n) is 4.86.